The zero-order valence-electron chi connectivity index (χ0n) is 11.0. The SMILES string of the molecule is O=C(O)[C@H]1CNCO1.c1ccc(-c2ccccc2)cc1. The van der Waals surface area contributed by atoms with Gasteiger partial charge in [-0.05, 0) is 11.1 Å². The van der Waals surface area contributed by atoms with Crippen molar-refractivity contribution < 1.29 is 14.6 Å². The molecule has 20 heavy (non-hydrogen) atoms. The van der Waals surface area contributed by atoms with Crippen molar-refractivity contribution in [2.24, 2.45) is 0 Å². The Labute approximate surface area is 118 Å². The van der Waals surface area contributed by atoms with Crippen LogP contribution in [0.2, 0.25) is 0 Å². The Morgan fingerprint density at radius 3 is 1.80 bits per heavy atom. The maximum Gasteiger partial charge on any atom is 0.334 e. The molecule has 0 radical (unpaired) electrons. The van der Waals surface area contributed by atoms with Crippen molar-refractivity contribution >= 4 is 5.97 Å². The fourth-order valence-corrected chi connectivity index (χ4v) is 1.83. The van der Waals surface area contributed by atoms with Crippen LogP contribution in [0.15, 0.2) is 60.7 Å². The molecule has 4 nitrogen and oxygen atoms in total. The molecule has 0 aliphatic carbocycles. The minimum atomic E-state index is -0.894. The van der Waals surface area contributed by atoms with Crippen molar-refractivity contribution in [3.05, 3.63) is 60.7 Å². The zero-order valence-corrected chi connectivity index (χ0v) is 11.0. The van der Waals surface area contributed by atoms with Gasteiger partial charge in [0.2, 0.25) is 0 Å². The van der Waals surface area contributed by atoms with E-state index in [9.17, 15) is 4.79 Å². The van der Waals surface area contributed by atoms with E-state index in [4.69, 9.17) is 9.84 Å². The quantitative estimate of drug-likeness (QED) is 0.880. The smallest absolute Gasteiger partial charge is 0.334 e. The molecular formula is C16H17NO3. The summed E-state index contributed by atoms with van der Waals surface area (Å²) in [6.07, 6.45) is -0.630. The zero-order chi connectivity index (χ0) is 14.2. The molecule has 0 saturated carbocycles. The van der Waals surface area contributed by atoms with Gasteiger partial charge in [-0.1, -0.05) is 60.7 Å². The van der Waals surface area contributed by atoms with E-state index in [-0.39, 0.29) is 0 Å². The molecule has 4 heteroatoms. The molecule has 1 fully saturated rings. The standard InChI is InChI=1S/C12H10.C4H7NO3/c1-3-7-11(8-4-1)12-9-5-2-6-10-12;6-4(7)3-1-5-2-8-3/h1-10H;3,5H,1-2H2,(H,6,7)/t;3-/m.1/s1. The van der Waals surface area contributed by atoms with E-state index in [1.165, 1.54) is 11.1 Å². The molecular weight excluding hydrogens is 254 g/mol. The number of hydrogen-bond acceptors (Lipinski definition) is 3. The summed E-state index contributed by atoms with van der Waals surface area (Å²) in [5.74, 6) is -0.894. The van der Waals surface area contributed by atoms with Crippen molar-refractivity contribution in [3.63, 3.8) is 0 Å². The van der Waals surface area contributed by atoms with Crippen LogP contribution in [0.1, 0.15) is 0 Å². The van der Waals surface area contributed by atoms with Crippen molar-refractivity contribution in [1.29, 1.82) is 0 Å². The number of hydrogen-bond donors (Lipinski definition) is 2. The average Bonchev–Trinajstić information content (AvgIpc) is 3.04. The first kappa shape index (κ1) is 14.2. The minimum absolute atomic E-state index is 0.358. The Balaban J connectivity index is 0.000000160. The Hall–Kier alpha value is -2.17. The number of carbonyl (C=O) groups is 1. The largest absolute Gasteiger partial charge is 0.479 e. The van der Waals surface area contributed by atoms with Crippen LogP contribution < -0.4 is 5.32 Å². The lowest BCUT2D eigenvalue weighted by Crippen LogP contribution is -2.23. The molecule has 1 atom stereocenters. The van der Waals surface area contributed by atoms with Crippen molar-refractivity contribution in [2.75, 3.05) is 13.3 Å². The molecule has 1 aliphatic rings. The molecule has 104 valence electrons. The maximum absolute atomic E-state index is 10.0. The van der Waals surface area contributed by atoms with Crippen LogP contribution in [0.4, 0.5) is 0 Å². The van der Waals surface area contributed by atoms with Crippen LogP contribution in [-0.2, 0) is 9.53 Å². The summed E-state index contributed by atoms with van der Waals surface area (Å²) in [5.41, 5.74) is 2.55. The second-order valence-corrected chi connectivity index (χ2v) is 4.32. The van der Waals surface area contributed by atoms with Crippen LogP contribution in [0.25, 0.3) is 11.1 Å². The number of carboxylic acid groups (broad SMARTS) is 1. The van der Waals surface area contributed by atoms with Gasteiger partial charge in [-0.25, -0.2) is 4.79 Å². The van der Waals surface area contributed by atoms with Gasteiger partial charge in [0.25, 0.3) is 0 Å². The Kier molecular flexibility index (Phi) is 5.29. The lowest BCUT2D eigenvalue weighted by Gasteiger charge is -1.98. The molecule has 1 saturated heterocycles. The van der Waals surface area contributed by atoms with Crippen molar-refractivity contribution in [1.82, 2.24) is 5.32 Å². The first-order valence-electron chi connectivity index (χ1n) is 6.43. The monoisotopic (exact) mass is 271 g/mol. The van der Waals surface area contributed by atoms with Crippen LogP contribution in [0.3, 0.4) is 0 Å². The number of ether oxygens (including phenoxy) is 1. The summed E-state index contributed by atoms with van der Waals surface area (Å²) in [6.45, 7) is 0.784. The van der Waals surface area contributed by atoms with E-state index in [0.29, 0.717) is 13.3 Å². The van der Waals surface area contributed by atoms with Crippen LogP contribution in [0, 0.1) is 0 Å². The van der Waals surface area contributed by atoms with Crippen molar-refractivity contribution in [2.45, 2.75) is 6.10 Å². The number of carboxylic acids is 1. The molecule has 0 amide bonds. The van der Waals surface area contributed by atoms with Gasteiger partial charge in [0.1, 0.15) is 0 Å². The van der Waals surface area contributed by atoms with Gasteiger partial charge >= 0.3 is 5.97 Å². The highest BCUT2D eigenvalue weighted by Gasteiger charge is 2.21. The molecule has 0 bridgehead atoms. The van der Waals surface area contributed by atoms with Crippen molar-refractivity contribution in [3.8, 4) is 11.1 Å². The molecule has 0 unspecified atom stereocenters. The highest BCUT2D eigenvalue weighted by Crippen LogP contribution is 2.17. The number of rotatable bonds is 2. The van der Waals surface area contributed by atoms with Gasteiger partial charge < -0.3 is 9.84 Å². The molecule has 1 aliphatic heterocycles. The second kappa shape index (κ2) is 7.43. The summed E-state index contributed by atoms with van der Waals surface area (Å²) in [5, 5.41) is 11.0. The van der Waals surface area contributed by atoms with Crippen LogP contribution >= 0.6 is 0 Å². The summed E-state index contributed by atoms with van der Waals surface area (Å²) >= 11 is 0. The number of aliphatic carboxylic acids is 1. The summed E-state index contributed by atoms with van der Waals surface area (Å²) < 4.78 is 4.70. The van der Waals surface area contributed by atoms with E-state index >= 15 is 0 Å². The van der Waals surface area contributed by atoms with Gasteiger partial charge in [-0.2, -0.15) is 0 Å². The molecule has 0 aromatic heterocycles. The summed E-state index contributed by atoms with van der Waals surface area (Å²) in [4.78, 5) is 10.0. The van der Waals surface area contributed by atoms with E-state index in [1.807, 2.05) is 12.1 Å². The van der Waals surface area contributed by atoms with E-state index in [1.54, 1.807) is 0 Å². The Bertz CT molecular complexity index is 484. The first-order chi connectivity index (χ1) is 9.77. The maximum atomic E-state index is 10.0. The first-order valence-corrected chi connectivity index (χ1v) is 6.43. The topological polar surface area (TPSA) is 58.6 Å². The van der Waals surface area contributed by atoms with Gasteiger partial charge in [-0.3, -0.25) is 5.32 Å². The molecule has 2 aromatic carbocycles. The lowest BCUT2D eigenvalue weighted by atomic mass is 10.1. The molecule has 0 spiro atoms. The predicted molar refractivity (Wildman–Crippen MR) is 77.3 cm³/mol. The highest BCUT2D eigenvalue weighted by atomic mass is 16.5. The molecule has 2 aromatic rings. The van der Waals surface area contributed by atoms with Gasteiger partial charge in [0.05, 0.1) is 6.73 Å². The summed E-state index contributed by atoms with van der Waals surface area (Å²) in [7, 11) is 0. The predicted octanol–water partition coefficient (Wildman–Crippen LogP) is 2.37. The van der Waals surface area contributed by atoms with E-state index < -0.39 is 12.1 Å². The highest BCUT2D eigenvalue weighted by molar-refractivity contribution is 5.72. The second-order valence-electron chi connectivity index (χ2n) is 4.32. The lowest BCUT2D eigenvalue weighted by molar-refractivity contribution is -0.146. The van der Waals surface area contributed by atoms with Crippen LogP contribution in [0.5, 0.6) is 0 Å². The molecule has 3 rings (SSSR count). The number of benzene rings is 2. The van der Waals surface area contributed by atoms with E-state index in [2.05, 4.69) is 53.8 Å². The number of nitrogens with one attached hydrogen (secondary N) is 1. The third-order valence-electron chi connectivity index (χ3n) is 2.87. The third kappa shape index (κ3) is 4.19. The fourth-order valence-electron chi connectivity index (χ4n) is 1.83. The molecule has 2 N–H and O–H groups in total. The minimum Gasteiger partial charge on any atom is -0.479 e. The van der Waals surface area contributed by atoms with Gasteiger partial charge in [0.15, 0.2) is 6.10 Å². The Morgan fingerprint density at radius 2 is 1.50 bits per heavy atom. The average molecular weight is 271 g/mol. The molecule has 1 heterocycles. The fraction of sp³-hybridized carbons (Fsp3) is 0.188. The van der Waals surface area contributed by atoms with E-state index in [0.717, 1.165) is 0 Å². The summed E-state index contributed by atoms with van der Waals surface area (Å²) in [6, 6.07) is 20.8. The van der Waals surface area contributed by atoms with Gasteiger partial charge in [0, 0.05) is 6.54 Å². The van der Waals surface area contributed by atoms with Gasteiger partial charge in [-0.15, -0.1) is 0 Å². The normalized spacial score (nSPS) is 17.1. The Morgan fingerprint density at radius 1 is 1.00 bits per heavy atom. The van der Waals surface area contributed by atoms with Crippen LogP contribution in [-0.4, -0.2) is 30.5 Å². The third-order valence-corrected chi connectivity index (χ3v) is 2.87.